The highest BCUT2D eigenvalue weighted by Crippen LogP contribution is 2.09. The molecule has 70 valence electrons. The van der Waals surface area contributed by atoms with Gasteiger partial charge in [0.1, 0.15) is 5.56 Å². The summed E-state index contributed by atoms with van der Waals surface area (Å²) in [6, 6.07) is 0. The van der Waals surface area contributed by atoms with Crippen molar-refractivity contribution in [2.24, 2.45) is 0 Å². The van der Waals surface area contributed by atoms with Gasteiger partial charge in [-0.25, -0.2) is 0 Å². The Morgan fingerprint density at radius 3 is 2.77 bits per heavy atom. The Hall–Kier alpha value is -1.78. The summed E-state index contributed by atoms with van der Waals surface area (Å²) in [7, 11) is 1.46. The molecule has 1 aromatic heterocycles. The van der Waals surface area contributed by atoms with Crippen LogP contribution in [0.25, 0.3) is 0 Å². The molecule has 0 aromatic carbocycles. The van der Waals surface area contributed by atoms with Gasteiger partial charge in [0.25, 0.3) is 11.5 Å². The number of aromatic amines is 1. The standard InChI is InChI=1S/C8H11N3O2/c1-4-5(9)3-11-8(13)6(4)7(12)10-2/h3H,9H2,1-2H3,(H,10,12)(H,11,13). The number of hydrogen-bond acceptors (Lipinski definition) is 3. The van der Waals surface area contributed by atoms with Crippen LogP contribution < -0.4 is 16.6 Å². The average molecular weight is 181 g/mol. The zero-order valence-corrected chi connectivity index (χ0v) is 7.47. The van der Waals surface area contributed by atoms with Crippen molar-refractivity contribution in [2.45, 2.75) is 6.92 Å². The number of pyridine rings is 1. The third-order valence-electron chi connectivity index (χ3n) is 1.85. The molecule has 5 heteroatoms. The first-order valence-corrected chi connectivity index (χ1v) is 3.77. The van der Waals surface area contributed by atoms with Gasteiger partial charge >= 0.3 is 0 Å². The Kier molecular flexibility index (Phi) is 2.36. The minimum Gasteiger partial charge on any atom is -0.397 e. The molecule has 1 rings (SSSR count). The summed E-state index contributed by atoms with van der Waals surface area (Å²) in [4.78, 5) is 24.8. The smallest absolute Gasteiger partial charge is 0.261 e. The third kappa shape index (κ3) is 1.53. The van der Waals surface area contributed by atoms with Gasteiger partial charge in [0, 0.05) is 13.2 Å². The summed E-state index contributed by atoms with van der Waals surface area (Å²) in [6.07, 6.45) is 1.38. The van der Waals surface area contributed by atoms with Gasteiger partial charge in [0.05, 0.1) is 5.69 Å². The fourth-order valence-electron chi connectivity index (χ4n) is 1.04. The molecule has 0 fully saturated rings. The number of nitrogens with one attached hydrogen (secondary N) is 2. The predicted octanol–water partition coefficient (Wildman–Crippen LogP) is -0.375. The zero-order valence-electron chi connectivity index (χ0n) is 7.47. The number of carbonyl (C=O) groups excluding carboxylic acids is 1. The largest absolute Gasteiger partial charge is 0.397 e. The van der Waals surface area contributed by atoms with Crippen LogP contribution >= 0.6 is 0 Å². The Labute approximate surface area is 75.0 Å². The Bertz CT molecular complexity index is 395. The van der Waals surface area contributed by atoms with Crippen molar-refractivity contribution < 1.29 is 4.79 Å². The minimum atomic E-state index is -0.425. The summed E-state index contributed by atoms with van der Waals surface area (Å²) in [5, 5.41) is 2.38. The molecule has 13 heavy (non-hydrogen) atoms. The summed E-state index contributed by atoms with van der Waals surface area (Å²) in [5.41, 5.74) is 6.08. The van der Waals surface area contributed by atoms with Crippen molar-refractivity contribution in [1.82, 2.24) is 10.3 Å². The van der Waals surface area contributed by atoms with Crippen LogP contribution in [-0.4, -0.2) is 17.9 Å². The van der Waals surface area contributed by atoms with Gasteiger partial charge in [-0.15, -0.1) is 0 Å². The van der Waals surface area contributed by atoms with Crippen molar-refractivity contribution in [3.63, 3.8) is 0 Å². The number of H-pyrrole nitrogens is 1. The topological polar surface area (TPSA) is 88.0 Å². The molecule has 0 aliphatic rings. The van der Waals surface area contributed by atoms with Crippen LogP contribution in [0, 0.1) is 6.92 Å². The van der Waals surface area contributed by atoms with Crippen molar-refractivity contribution in [1.29, 1.82) is 0 Å². The molecule has 0 unspecified atom stereocenters. The first-order chi connectivity index (χ1) is 6.07. The molecule has 0 saturated carbocycles. The quantitative estimate of drug-likeness (QED) is 0.552. The van der Waals surface area contributed by atoms with E-state index >= 15 is 0 Å². The number of amides is 1. The highest BCUT2D eigenvalue weighted by molar-refractivity contribution is 5.96. The highest BCUT2D eigenvalue weighted by Gasteiger charge is 2.13. The van der Waals surface area contributed by atoms with Crippen LogP contribution in [0.15, 0.2) is 11.0 Å². The monoisotopic (exact) mass is 181 g/mol. The van der Waals surface area contributed by atoms with Crippen LogP contribution in [-0.2, 0) is 0 Å². The van der Waals surface area contributed by atoms with Crippen LogP contribution in [0.2, 0.25) is 0 Å². The second-order valence-electron chi connectivity index (χ2n) is 2.65. The van der Waals surface area contributed by atoms with E-state index in [0.29, 0.717) is 11.3 Å². The van der Waals surface area contributed by atoms with Crippen LogP contribution in [0.5, 0.6) is 0 Å². The van der Waals surface area contributed by atoms with Crippen LogP contribution in [0.4, 0.5) is 5.69 Å². The Morgan fingerprint density at radius 2 is 2.23 bits per heavy atom. The minimum absolute atomic E-state index is 0.0718. The lowest BCUT2D eigenvalue weighted by Gasteiger charge is -2.04. The van der Waals surface area contributed by atoms with Crippen LogP contribution in [0.1, 0.15) is 15.9 Å². The molecule has 1 heterocycles. The summed E-state index contributed by atoms with van der Waals surface area (Å²) in [5.74, 6) is -0.425. The van der Waals surface area contributed by atoms with Crippen LogP contribution in [0.3, 0.4) is 0 Å². The van der Waals surface area contributed by atoms with E-state index in [0.717, 1.165) is 0 Å². The molecule has 0 atom stereocenters. The van der Waals surface area contributed by atoms with Gasteiger partial charge in [-0.05, 0) is 12.5 Å². The van der Waals surface area contributed by atoms with Gasteiger partial charge in [-0.1, -0.05) is 0 Å². The number of carbonyl (C=O) groups is 1. The normalized spacial score (nSPS) is 9.69. The first-order valence-electron chi connectivity index (χ1n) is 3.77. The lowest BCUT2D eigenvalue weighted by Crippen LogP contribution is -2.28. The SMILES string of the molecule is CNC(=O)c1c(C)c(N)c[nH]c1=O. The molecule has 1 amide bonds. The number of aromatic nitrogens is 1. The van der Waals surface area contributed by atoms with Crippen molar-refractivity contribution in [3.8, 4) is 0 Å². The van der Waals surface area contributed by atoms with Gasteiger partial charge < -0.3 is 16.0 Å². The average Bonchev–Trinajstić information content (AvgIpc) is 2.12. The molecule has 5 nitrogen and oxygen atoms in total. The molecular weight excluding hydrogens is 170 g/mol. The lowest BCUT2D eigenvalue weighted by molar-refractivity contribution is 0.0961. The Balaban J connectivity index is 3.42. The lowest BCUT2D eigenvalue weighted by atomic mass is 10.1. The number of nitrogens with two attached hydrogens (primary N) is 1. The maximum absolute atomic E-state index is 11.2. The molecule has 0 aliphatic heterocycles. The van der Waals surface area contributed by atoms with E-state index < -0.39 is 11.5 Å². The van der Waals surface area contributed by atoms with E-state index in [-0.39, 0.29) is 5.56 Å². The van der Waals surface area contributed by atoms with E-state index in [4.69, 9.17) is 5.73 Å². The third-order valence-corrected chi connectivity index (χ3v) is 1.85. The number of nitrogen functional groups attached to an aromatic ring is 1. The number of hydrogen-bond donors (Lipinski definition) is 3. The summed E-state index contributed by atoms with van der Waals surface area (Å²) >= 11 is 0. The second-order valence-corrected chi connectivity index (χ2v) is 2.65. The van der Waals surface area contributed by atoms with Gasteiger partial charge in [-0.3, -0.25) is 9.59 Å². The number of anilines is 1. The fourth-order valence-corrected chi connectivity index (χ4v) is 1.04. The second kappa shape index (κ2) is 3.30. The maximum Gasteiger partial charge on any atom is 0.261 e. The summed E-state index contributed by atoms with van der Waals surface area (Å²) < 4.78 is 0. The fraction of sp³-hybridized carbons (Fsp3) is 0.250. The van der Waals surface area contributed by atoms with E-state index in [1.54, 1.807) is 6.92 Å². The van der Waals surface area contributed by atoms with E-state index in [1.165, 1.54) is 13.2 Å². The molecule has 1 aromatic rings. The molecule has 0 saturated heterocycles. The van der Waals surface area contributed by atoms with Gasteiger partial charge in [0.15, 0.2) is 0 Å². The molecule has 4 N–H and O–H groups in total. The molecule has 0 radical (unpaired) electrons. The van der Waals surface area contributed by atoms with E-state index in [2.05, 4.69) is 10.3 Å². The maximum atomic E-state index is 11.2. The molecular formula is C8H11N3O2. The van der Waals surface area contributed by atoms with Gasteiger partial charge in [-0.2, -0.15) is 0 Å². The zero-order chi connectivity index (χ0) is 10.0. The first kappa shape index (κ1) is 9.31. The molecule has 0 bridgehead atoms. The van der Waals surface area contributed by atoms with E-state index in [1.807, 2.05) is 0 Å². The Morgan fingerprint density at radius 1 is 1.62 bits per heavy atom. The number of rotatable bonds is 1. The van der Waals surface area contributed by atoms with Crippen molar-refractivity contribution in [2.75, 3.05) is 12.8 Å². The predicted molar refractivity (Wildman–Crippen MR) is 49.6 cm³/mol. The van der Waals surface area contributed by atoms with Gasteiger partial charge in [0.2, 0.25) is 0 Å². The molecule has 0 aliphatic carbocycles. The molecule has 0 spiro atoms. The van der Waals surface area contributed by atoms with Crippen molar-refractivity contribution in [3.05, 3.63) is 27.7 Å². The highest BCUT2D eigenvalue weighted by atomic mass is 16.2. The van der Waals surface area contributed by atoms with E-state index in [9.17, 15) is 9.59 Å². The van der Waals surface area contributed by atoms with Crippen molar-refractivity contribution >= 4 is 11.6 Å². The summed E-state index contributed by atoms with van der Waals surface area (Å²) in [6.45, 7) is 1.63.